The number of aryl methyl sites for hydroxylation is 1. The topological polar surface area (TPSA) is 81.9 Å². The average Bonchev–Trinajstić information content (AvgIpc) is 3.27. The number of hydrogen-bond donors (Lipinski definition) is 1. The molecule has 0 aliphatic rings. The molecular formula is C23H21N5O2S. The third-order valence-electron chi connectivity index (χ3n) is 4.62. The lowest BCUT2D eigenvalue weighted by Gasteiger charge is -2.17. The molecule has 0 spiro atoms. The van der Waals surface area contributed by atoms with Gasteiger partial charge in [-0.05, 0) is 47.2 Å². The van der Waals surface area contributed by atoms with E-state index in [0.29, 0.717) is 16.6 Å². The summed E-state index contributed by atoms with van der Waals surface area (Å²) in [6.45, 7) is 2.02. The summed E-state index contributed by atoms with van der Waals surface area (Å²) in [5.74, 6) is 0.493. The van der Waals surface area contributed by atoms with Crippen LogP contribution in [0.5, 0.6) is 5.75 Å². The van der Waals surface area contributed by atoms with E-state index in [-0.39, 0.29) is 5.91 Å². The van der Waals surface area contributed by atoms with Crippen molar-refractivity contribution in [2.45, 2.75) is 17.3 Å². The highest BCUT2D eigenvalue weighted by molar-refractivity contribution is 8.00. The molecule has 1 atom stereocenters. The fourth-order valence-corrected chi connectivity index (χ4v) is 4.01. The number of benzene rings is 3. The first-order chi connectivity index (χ1) is 15.1. The van der Waals surface area contributed by atoms with Crippen LogP contribution in [0.15, 0.2) is 84.0 Å². The Kier molecular flexibility index (Phi) is 6.28. The van der Waals surface area contributed by atoms with E-state index in [1.807, 2.05) is 79.7 Å². The lowest BCUT2D eigenvalue weighted by atomic mass is 10.1. The van der Waals surface area contributed by atoms with Gasteiger partial charge in [-0.15, -0.1) is 5.10 Å². The summed E-state index contributed by atoms with van der Waals surface area (Å²) in [6, 6.07) is 24.7. The van der Waals surface area contributed by atoms with Gasteiger partial charge in [0.25, 0.3) is 0 Å². The number of nitrogens with one attached hydrogen (secondary N) is 1. The normalized spacial score (nSPS) is 11.7. The molecule has 0 saturated heterocycles. The lowest BCUT2D eigenvalue weighted by molar-refractivity contribution is -0.115. The number of anilines is 1. The zero-order valence-corrected chi connectivity index (χ0v) is 17.9. The van der Waals surface area contributed by atoms with Crippen molar-refractivity contribution in [1.29, 1.82) is 0 Å². The third-order valence-corrected chi connectivity index (χ3v) is 5.81. The van der Waals surface area contributed by atoms with Gasteiger partial charge in [-0.1, -0.05) is 65.9 Å². The molecule has 7 nitrogen and oxygen atoms in total. The van der Waals surface area contributed by atoms with Gasteiger partial charge in [0.1, 0.15) is 11.0 Å². The number of amides is 1. The number of rotatable bonds is 7. The molecule has 0 saturated carbocycles. The highest BCUT2D eigenvalue weighted by atomic mass is 32.2. The first kappa shape index (κ1) is 20.6. The van der Waals surface area contributed by atoms with Crippen molar-refractivity contribution in [3.05, 3.63) is 90.0 Å². The van der Waals surface area contributed by atoms with Crippen LogP contribution < -0.4 is 10.1 Å². The maximum absolute atomic E-state index is 13.3. The summed E-state index contributed by atoms with van der Waals surface area (Å²) in [5.41, 5.74) is 3.49. The molecule has 4 rings (SSSR count). The minimum atomic E-state index is -0.553. The van der Waals surface area contributed by atoms with Crippen LogP contribution in [0, 0.1) is 6.92 Å². The van der Waals surface area contributed by atoms with E-state index in [1.54, 1.807) is 17.9 Å². The summed E-state index contributed by atoms with van der Waals surface area (Å²) in [6.07, 6.45) is 0. The van der Waals surface area contributed by atoms with Crippen LogP contribution in [0.3, 0.4) is 0 Å². The molecule has 1 aromatic heterocycles. The van der Waals surface area contributed by atoms with Crippen molar-refractivity contribution in [3.63, 3.8) is 0 Å². The molecule has 3 aromatic carbocycles. The van der Waals surface area contributed by atoms with E-state index in [1.165, 1.54) is 11.8 Å². The second-order valence-electron chi connectivity index (χ2n) is 6.84. The first-order valence-corrected chi connectivity index (χ1v) is 10.5. The maximum Gasteiger partial charge on any atom is 0.242 e. The van der Waals surface area contributed by atoms with Gasteiger partial charge in [0, 0.05) is 11.8 Å². The molecule has 0 aliphatic heterocycles. The molecule has 1 heterocycles. The van der Waals surface area contributed by atoms with Gasteiger partial charge >= 0.3 is 0 Å². The zero-order chi connectivity index (χ0) is 21.6. The SMILES string of the molecule is COc1cccc(NC(=O)C(Sc2nnnn2-c2ccc(C)cc2)c2ccccc2)c1. The predicted octanol–water partition coefficient (Wildman–Crippen LogP) is 4.45. The Morgan fingerprint density at radius 3 is 2.55 bits per heavy atom. The van der Waals surface area contributed by atoms with E-state index in [9.17, 15) is 4.79 Å². The molecular weight excluding hydrogens is 410 g/mol. The van der Waals surface area contributed by atoms with Gasteiger partial charge in [-0.25, -0.2) is 0 Å². The number of hydrogen-bond acceptors (Lipinski definition) is 6. The van der Waals surface area contributed by atoms with Gasteiger partial charge in [-0.2, -0.15) is 4.68 Å². The summed E-state index contributed by atoms with van der Waals surface area (Å²) >= 11 is 1.30. The number of nitrogens with zero attached hydrogens (tertiary/aromatic N) is 4. The number of carbonyl (C=O) groups excluding carboxylic acids is 1. The Morgan fingerprint density at radius 2 is 1.81 bits per heavy atom. The van der Waals surface area contributed by atoms with E-state index in [4.69, 9.17) is 4.74 Å². The molecule has 156 valence electrons. The zero-order valence-electron chi connectivity index (χ0n) is 17.1. The van der Waals surface area contributed by atoms with Crippen LogP contribution in [-0.4, -0.2) is 33.2 Å². The number of carbonyl (C=O) groups is 1. The Hall–Kier alpha value is -3.65. The monoisotopic (exact) mass is 431 g/mol. The second-order valence-corrected chi connectivity index (χ2v) is 7.91. The minimum Gasteiger partial charge on any atom is -0.497 e. The lowest BCUT2D eigenvalue weighted by Crippen LogP contribution is -2.19. The molecule has 1 unspecified atom stereocenters. The van der Waals surface area contributed by atoms with Crippen LogP contribution in [0.4, 0.5) is 5.69 Å². The van der Waals surface area contributed by atoms with Gasteiger partial charge in [0.05, 0.1) is 12.8 Å². The molecule has 31 heavy (non-hydrogen) atoms. The number of tetrazole rings is 1. The number of aromatic nitrogens is 4. The van der Waals surface area contributed by atoms with Gasteiger partial charge in [-0.3, -0.25) is 4.79 Å². The van der Waals surface area contributed by atoms with Crippen LogP contribution in [0.25, 0.3) is 5.69 Å². The molecule has 0 radical (unpaired) electrons. The Balaban J connectivity index is 1.63. The molecule has 1 amide bonds. The van der Waals surface area contributed by atoms with E-state index < -0.39 is 5.25 Å². The highest BCUT2D eigenvalue weighted by Gasteiger charge is 2.25. The summed E-state index contributed by atoms with van der Waals surface area (Å²) in [5, 5.41) is 15.1. The second kappa shape index (κ2) is 9.44. The molecule has 4 aromatic rings. The molecule has 1 N–H and O–H groups in total. The van der Waals surface area contributed by atoms with Crippen molar-refractivity contribution < 1.29 is 9.53 Å². The quantitative estimate of drug-likeness (QED) is 0.435. The summed E-state index contributed by atoms with van der Waals surface area (Å²) in [7, 11) is 1.59. The van der Waals surface area contributed by atoms with Crippen molar-refractivity contribution in [2.24, 2.45) is 0 Å². The first-order valence-electron chi connectivity index (χ1n) is 9.66. The van der Waals surface area contributed by atoms with Gasteiger partial charge in [0.15, 0.2) is 0 Å². The van der Waals surface area contributed by atoms with Crippen LogP contribution >= 0.6 is 11.8 Å². The standard InChI is InChI=1S/C23H21N5O2S/c1-16-11-13-19(14-12-16)28-23(25-26-27-28)31-21(17-7-4-3-5-8-17)22(29)24-18-9-6-10-20(15-18)30-2/h3-15,21H,1-2H3,(H,24,29). The molecule has 0 fully saturated rings. The van der Waals surface area contributed by atoms with Crippen molar-refractivity contribution in [2.75, 3.05) is 12.4 Å². The molecule has 0 bridgehead atoms. The predicted molar refractivity (Wildman–Crippen MR) is 121 cm³/mol. The summed E-state index contributed by atoms with van der Waals surface area (Å²) in [4.78, 5) is 13.3. The fourth-order valence-electron chi connectivity index (χ4n) is 3.02. The summed E-state index contributed by atoms with van der Waals surface area (Å²) < 4.78 is 6.89. The van der Waals surface area contributed by atoms with Gasteiger partial charge < -0.3 is 10.1 Å². The third kappa shape index (κ3) is 4.92. The number of ether oxygens (including phenoxy) is 1. The minimum absolute atomic E-state index is 0.178. The Bertz CT molecular complexity index is 1160. The largest absolute Gasteiger partial charge is 0.497 e. The average molecular weight is 432 g/mol. The van der Waals surface area contributed by atoms with Gasteiger partial charge in [0.2, 0.25) is 11.1 Å². The fraction of sp³-hybridized carbons (Fsp3) is 0.130. The number of methoxy groups -OCH3 is 1. The van der Waals surface area contributed by atoms with Crippen molar-refractivity contribution >= 4 is 23.4 Å². The Morgan fingerprint density at radius 1 is 1.03 bits per heavy atom. The number of thioether (sulfide) groups is 1. The smallest absolute Gasteiger partial charge is 0.242 e. The van der Waals surface area contributed by atoms with Crippen molar-refractivity contribution in [3.8, 4) is 11.4 Å². The van der Waals surface area contributed by atoms with Crippen LogP contribution in [0.2, 0.25) is 0 Å². The van der Waals surface area contributed by atoms with E-state index in [2.05, 4.69) is 20.8 Å². The van der Waals surface area contributed by atoms with Crippen LogP contribution in [-0.2, 0) is 4.79 Å². The molecule has 0 aliphatic carbocycles. The highest BCUT2D eigenvalue weighted by Crippen LogP contribution is 2.36. The molecule has 8 heteroatoms. The van der Waals surface area contributed by atoms with Crippen molar-refractivity contribution in [1.82, 2.24) is 20.2 Å². The van der Waals surface area contributed by atoms with E-state index in [0.717, 1.165) is 16.8 Å². The maximum atomic E-state index is 13.3. The van der Waals surface area contributed by atoms with Crippen LogP contribution in [0.1, 0.15) is 16.4 Å². The van der Waals surface area contributed by atoms with E-state index >= 15 is 0 Å². The Labute approximate surface area is 184 Å².